The van der Waals surface area contributed by atoms with E-state index in [0.717, 1.165) is 0 Å². The maximum absolute atomic E-state index is 8.01. The third-order valence-corrected chi connectivity index (χ3v) is 19.8. The molecule has 0 bridgehead atoms. The molecule has 0 unspecified atom stereocenters. The molecule has 1 aliphatic heterocycles. The van der Waals surface area contributed by atoms with Crippen LogP contribution in [0.2, 0.25) is 0 Å². The van der Waals surface area contributed by atoms with Gasteiger partial charge in [0.25, 0.3) is 0 Å². The Bertz CT molecular complexity index is 2030. The monoisotopic (exact) mass is 796 g/mol. The van der Waals surface area contributed by atoms with Gasteiger partial charge in [0, 0.05) is 0 Å². The van der Waals surface area contributed by atoms with Crippen molar-refractivity contribution >= 4 is 44.4 Å². The first-order valence-corrected chi connectivity index (χ1v) is 23.6. The third kappa shape index (κ3) is 6.67. The molecule has 1 saturated heterocycles. The normalized spacial score (nSPS) is 14.6. The molecule has 0 radical (unpaired) electrons. The quantitative estimate of drug-likeness (QED) is 0.122. The summed E-state index contributed by atoms with van der Waals surface area (Å²) in [4.78, 5) is 0. The van der Waals surface area contributed by atoms with Crippen LogP contribution in [0, 0.1) is 83.1 Å². The number of rotatable bonds is 6. The third-order valence-electron chi connectivity index (χ3n) is 10.8. The number of halogens is 1. The van der Waals surface area contributed by atoms with Crippen LogP contribution in [-0.4, -0.2) is 14.2 Å². The second-order valence-corrected chi connectivity index (χ2v) is 22.4. The average molecular weight is 797 g/mol. The van der Waals surface area contributed by atoms with Gasteiger partial charge in [0.2, 0.25) is 0 Å². The van der Waals surface area contributed by atoms with Gasteiger partial charge in [-0.05, 0) is 0 Å². The Morgan fingerprint density at radius 3 is 0.774 bits per heavy atom. The summed E-state index contributed by atoms with van der Waals surface area (Å²) in [6.07, 6.45) is 0. The summed E-state index contributed by atoms with van der Waals surface area (Å²) < 4.78 is 5.20. The molecule has 1 heterocycles. The maximum atomic E-state index is 8.01. The molecule has 0 amide bonds. The summed E-state index contributed by atoms with van der Waals surface area (Å²) in [7, 11) is 8.38. The van der Waals surface area contributed by atoms with Crippen molar-refractivity contribution in [2.24, 2.45) is 0 Å². The zero-order chi connectivity index (χ0) is 38.0. The minimum absolute atomic E-state index is 0.368. The molecule has 270 valence electrons. The average Bonchev–Trinajstić information content (AvgIpc) is 3.04. The van der Waals surface area contributed by atoms with Crippen LogP contribution in [0.1, 0.15) is 66.8 Å². The van der Waals surface area contributed by atoms with Crippen LogP contribution < -0.4 is 7.17 Å². The van der Waals surface area contributed by atoms with E-state index in [0.29, 0.717) is 8.88 Å². The molecule has 2 nitrogen and oxygen atoms in total. The van der Waals surface area contributed by atoms with Gasteiger partial charge >= 0.3 is 331 Å². The fraction of sp³-hybridized carbons (Fsp3) is 0.250. The number of benzene rings is 6. The van der Waals surface area contributed by atoms with E-state index >= 15 is 0 Å². The van der Waals surface area contributed by atoms with Crippen molar-refractivity contribution in [3.63, 3.8) is 0 Å². The Morgan fingerprint density at radius 1 is 0.377 bits per heavy atom. The second-order valence-electron chi connectivity index (χ2n) is 15.5. The fourth-order valence-electron chi connectivity index (χ4n) is 9.25. The van der Waals surface area contributed by atoms with Crippen LogP contribution in [0.4, 0.5) is 11.4 Å². The first-order chi connectivity index (χ1) is 25.2. The summed E-state index contributed by atoms with van der Waals surface area (Å²) in [6, 6.07) is 32.4. The van der Waals surface area contributed by atoms with Gasteiger partial charge in [-0.2, -0.15) is 0 Å². The van der Waals surface area contributed by atoms with Crippen molar-refractivity contribution in [1.29, 1.82) is 0 Å². The summed E-state index contributed by atoms with van der Waals surface area (Å²) in [5.41, 5.74) is 28.5. The summed E-state index contributed by atoms with van der Waals surface area (Å²) in [5, 5.41) is 0. The van der Waals surface area contributed by atoms with Gasteiger partial charge in [-0.1, -0.05) is 0 Å². The predicted molar refractivity (Wildman–Crippen MR) is 236 cm³/mol. The molecular formula is C48H51AsClN2P. The summed E-state index contributed by atoms with van der Waals surface area (Å²) in [5.74, 6) is 0. The number of hydrogen-bond donors (Lipinski definition) is 0. The Balaban J connectivity index is 1.47. The summed E-state index contributed by atoms with van der Waals surface area (Å²) >= 11 is -2.37. The van der Waals surface area contributed by atoms with Gasteiger partial charge < -0.3 is 0 Å². The van der Waals surface area contributed by atoms with Crippen LogP contribution in [0.15, 0.2) is 84.9 Å². The van der Waals surface area contributed by atoms with E-state index in [1.165, 1.54) is 123 Å². The zero-order valence-corrected chi connectivity index (χ0v) is 36.9. The molecule has 0 saturated carbocycles. The second kappa shape index (κ2) is 14.5. The van der Waals surface area contributed by atoms with Crippen molar-refractivity contribution in [3.05, 3.63) is 152 Å². The van der Waals surface area contributed by atoms with Crippen molar-refractivity contribution in [1.82, 2.24) is 0 Å². The van der Waals surface area contributed by atoms with Crippen molar-refractivity contribution in [2.75, 3.05) is 7.17 Å². The molecule has 6 aromatic rings. The van der Waals surface area contributed by atoms with Crippen LogP contribution in [0.5, 0.6) is 0 Å². The van der Waals surface area contributed by atoms with Crippen molar-refractivity contribution in [2.45, 2.75) is 83.1 Å². The van der Waals surface area contributed by atoms with E-state index in [4.69, 9.17) is 9.95 Å². The molecule has 7 rings (SSSR count). The van der Waals surface area contributed by atoms with Crippen molar-refractivity contribution < 1.29 is 0 Å². The molecule has 0 aromatic heterocycles. The van der Waals surface area contributed by atoms with Gasteiger partial charge in [0.1, 0.15) is 0 Å². The molecule has 6 aromatic carbocycles. The molecule has 53 heavy (non-hydrogen) atoms. The molecule has 1 fully saturated rings. The van der Waals surface area contributed by atoms with E-state index in [1.807, 2.05) is 0 Å². The molecule has 5 heteroatoms. The Kier molecular flexibility index (Phi) is 10.2. The van der Waals surface area contributed by atoms with E-state index in [-0.39, 0.29) is 0 Å². The SMILES string of the molecule is Cc1cc(C)c(-c2cccc(-c3c(C)cc(C)cc3C)c2N2PN(c3c(-c4c(C)cc(C)cc4C)cccc3-c3c(C)cc(C)cc3C)[As]2Cl)c(C)c1. The number of nitrogens with zero attached hydrogens (tertiary/aromatic N) is 2. The molecule has 0 atom stereocenters. The molecule has 0 spiro atoms. The van der Waals surface area contributed by atoms with E-state index in [9.17, 15) is 0 Å². The van der Waals surface area contributed by atoms with Gasteiger partial charge in [0.05, 0.1) is 0 Å². The Hall–Kier alpha value is -3.80. The molecular weight excluding hydrogens is 746 g/mol. The van der Waals surface area contributed by atoms with Gasteiger partial charge in [0.15, 0.2) is 0 Å². The van der Waals surface area contributed by atoms with Crippen LogP contribution in [0.25, 0.3) is 44.5 Å². The van der Waals surface area contributed by atoms with Gasteiger partial charge in [-0.3, -0.25) is 0 Å². The van der Waals surface area contributed by atoms with E-state index in [2.05, 4.69) is 175 Å². The number of hydrogen-bond acceptors (Lipinski definition) is 2. The molecule has 0 N–H and O–H groups in total. The minimum atomic E-state index is -2.37. The molecule has 1 aliphatic rings. The number of anilines is 2. The zero-order valence-electron chi connectivity index (χ0n) is 33.3. The first-order valence-electron chi connectivity index (χ1n) is 18.6. The first kappa shape index (κ1) is 37.5. The van der Waals surface area contributed by atoms with Crippen LogP contribution >= 0.6 is 18.8 Å². The van der Waals surface area contributed by atoms with Gasteiger partial charge in [-0.15, -0.1) is 0 Å². The summed E-state index contributed by atoms with van der Waals surface area (Å²) in [6.45, 7) is 26.9. The van der Waals surface area contributed by atoms with Gasteiger partial charge in [-0.25, -0.2) is 0 Å². The topological polar surface area (TPSA) is 6.48 Å². The van der Waals surface area contributed by atoms with Crippen LogP contribution in [0.3, 0.4) is 0 Å². The standard InChI is InChI=1S/C48H51AsClN2P/c1-27-19-31(5)43(32(6)20-27)39-15-13-16-40(44-33(7)21-28(2)22-34(44)8)47(39)51-49(50)52(53-51)48-41(45-35(9)23-29(3)24-36(45)10)17-14-18-42(48)46-37(11)25-30(4)26-38(46)12/h13-26,53H,1-12H3. The van der Waals surface area contributed by atoms with E-state index in [1.54, 1.807) is 0 Å². The van der Waals surface area contributed by atoms with Crippen LogP contribution in [-0.2, 0) is 0 Å². The predicted octanol–water partition coefficient (Wildman–Crippen LogP) is 14.1. The number of para-hydroxylation sites is 2. The van der Waals surface area contributed by atoms with E-state index < -0.39 is 14.2 Å². The number of aryl methyl sites for hydroxylation is 12. The Morgan fingerprint density at radius 2 is 0.585 bits per heavy atom. The van der Waals surface area contributed by atoms with Crippen molar-refractivity contribution in [3.8, 4) is 44.5 Å². The molecule has 0 aliphatic carbocycles. The fourth-order valence-corrected chi connectivity index (χ4v) is 16.0. The Labute approximate surface area is 329 Å².